The number of ether oxygens (including phenoxy) is 1. The maximum absolute atomic E-state index is 12.7. The van der Waals surface area contributed by atoms with Crippen molar-refractivity contribution in [3.63, 3.8) is 0 Å². The molecule has 1 amide bonds. The lowest BCUT2D eigenvalue weighted by Crippen LogP contribution is -2.22. The van der Waals surface area contributed by atoms with Gasteiger partial charge in [0.05, 0.1) is 18.9 Å². The van der Waals surface area contributed by atoms with Gasteiger partial charge in [-0.1, -0.05) is 48.5 Å². The topological polar surface area (TPSA) is 71.7 Å². The number of benzene rings is 3. The summed E-state index contributed by atoms with van der Waals surface area (Å²) in [6, 6.07) is 20.3. The van der Waals surface area contributed by atoms with Crippen molar-refractivity contribution in [2.45, 2.75) is 6.54 Å². The molecule has 3 aromatic carbocycles. The highest BCUT2D eigenvalue weighted by molar-refractivity contribution is 6.08. The number of hydrogen-bond acceptors (Lipinski definition) is 4. The van der Waals surface area contributed by atoms with Crippen LogP contribution in [0.2, 0.25) is 0 Å². The fourth-order valence-electron chi connectivity index (χ4n) is 3.18. The first-order valence-corrected chi connectivity index (χ1v) is 8.87. The minimum Gasteiger partial charge on any atom is -0.504 e. The van der Waals surface area contributed by atoms with E-state index in [-0.39, 0.29) is 11.7 Å². The number of fused-ring (bicyclic) bond motifs is 1. The number of phenols is 1. The van der Waals surface area contributed by atoms with Crippen LogP contribution >= 0.6 is 0 Å². The van der Waals surface area contributed by atoms with E-state index in [1.54, 1.807) is 30.5 Å². The van der Waals surface area contributed by atoms with E-state index in [9.17, 15) is 9.90 Å². The third-order valence-corrected chi connectivity index (χ3v) is 4.63. The summed E-state index contributed by atoms with van der Waals surface area (Å²) in [4.78, 5) is 12.7. The largest absolute Gasteiger partial charge is 0.504 e. The van der Waals surface area contributed by atoms with Crippen LogP contribution in [-0.4, -0.2) is 18.1 Å². The smallest absolute Gasteiger partial charge is 0.255 e. The van der Waals surface area contributed by atoms with Gasteiger partial charge in [-0.05, 0) is 29.3 Å². The van der Waals surface area contributed by atoms with Crippen molar-refractivity contribution < 1.29 is 19.1 Å². The maximum atomic E-state index is 12.7. The van der Waals surface area contributed by atoms with Crippen LogP contribution in [0.25, 0.3) is 22.1 Å². The molecule has 4 rings (SSSR count). The van der Waals surface area contributed by atoms with Crippen molar-refractivity contribution in [2.75, 3.05) is 7.11 Å². The second-order valence-electron chi connectivity index (χ2n) is 6.39. The predicted molar refractivity (Wildman–Crippen MR) is 107 cm³/mol. The van der Waals surface area contributed by atoms with E-state index < -0.39 is 0 Å². The normalized spacial score (nSPS) is 10.8. The van der Waals surface area contributed by atoms with E-state index >= 15 is 0 Å². The number of carbonyl (C=O) groups is 1. The van der Waals surface area contributed by atoms with Gasteiger partial charge in [0.2, 0.25) is 0 Å². The number of hydrogen-bond donors (Lipinski definition) is 2. The minimum absolute atomic E-state index is 0.0695. The van der Waals surface area contributed by atoms with Crippen LogP contribution in [-0.2, 0) is 6.54 Å². The Morgan fingerprint density at radius 1 is 1.07 bits per heavy atom. The molecular formula is C23H19NO4. The number of amides is 1. The number of furan rings is 1. The highest BCUT2D eigenvalue weighted by Crippen LogP contribution is 2.36. The second kappa shape index (κ2) is 7.48. The summed E-state index contributed by atoms with van der Waals surface area (Å²) in [6.45, 7) is 0.443. The molecule has 5 nitrogen and oxygen atoms in total. The van der Waals surface area contributed by atoms with Gasteiger partial charge >= 0.3 is 0 Å². The molecule has 0 aliphatic rings. The molecule has 1 heterocycles. The first kappa shape index (κ1) is 17.7. The molecule has 0 atom stereocenters. The van der Waals surface area contributed by atoms with E-state index in [0.717, 1.165) is 22.1 Å². The summed E-state index contributed by atoms with van der Waals surface area (Å²) >= 11 is 0. The lowest BCUT2D eigenvalue weighted by Gasteiger charge is -2.07. The standard InChI is InChI=1S/C23H19NO4/c1-27-21-12-16(10-11-20(21)25)19-14-28-22-17(19)8-5-9-18(22)23(26)24-13-15-6-3-2-4-7-15/h2-12,14,25H,13H2,1H3,(H,24,26). The first-order valence-electron chi connectivity index (χ1n) is 8.87. The van der Waals surface area contributed by atoms with Crippen molar-refractivity contribution in [3.05, 3.63) is 84.1 Å². The molecule has 0 spiro atoms. The predicted octanol–water partition coefficient (Wildman–Crippen LogP) is 4.74. The zero-order chi connectivity index (χ0) is 19.5. The Morgan fingerprint density at radius 2 is 1.89 bits per heavy atom. The number of para-hydroxylation sites is 1. The van der Waals surface area contributed by atoms with E-state index in [1.807, 2.05) is 42.5 Å². The van der Waals surface area contributed by atoms with Crippen LogP contribution in [0.4, 0.5) is 0 Å². The Bertz CT molecular complexity index is 1130. The molecule has 0 aliphatic heterocycles. The number of rotatable bonds is 5. The van der Waals surface area contributed by atoms with Crippen LogP contribution in [0, 0.1) is 0 Å². The monoisotopic (exact) mass is 373 g/mol. The van der Waals surface area contributed by atoms with Gasteiger partial charge in [0, 0.05) is 17.5 Å². The average Bonchev–Trinajstić information content (AvgIpc) is 3.17. The average molecular weight is 373 g/mol. The summed E-state index contributed by atoms with van der Waals surface area (Å²) in [5.74, 6) is 0.252. The Labute approximate surface area is 162 Å². The summed E-state index contributed by atoms with van der Waals surface area (Å²) in [7, 11) is 1.50. The Kier molecular flexibility index (Phi) is 4.72. The van der Waals surface area contributed by atoms with Crippen molar-refractivity contribution >= 4 is 16.9 Å². The van der Waals surface area contributed by atoms with Gasteiger partial charge in [-0.3, -0.25) is 4.79 Å². The number of aromatic hydroxyl groups is 1. The molecule has 5 heteroatoms. The van der Waals surface area contributed by atoms with Crippen molar-refractivity contribution in [1.29, 1.82) is 0 Å². The van der Waals surface area contributed by atoms with Crippen LogP contribution in [0.3, 0.4) is 0 Å². The molecule has 140 valence electrons. The quantitative estimate of drug-likeness (QED) is 0.530. The molecular weight excluding hydrogens is 354 g/mol. The minimum atomic E-state index is -0.196. The lowest BCUT2D eigenvalue weighted by molar-refractivity contribution is 0.0951. The molecule has 1 aromatic heterocycles. The van der Waals surface area contributed by atoms with Crippen LogP contribution < -0.4 is 10.1 Å². The Balaban J connectivity index is 1.66. The van der Waals surface area contributed by atoms with E-state index in [1.165, 1.54) is 7.11 Å². The third kappa shape index (κ3) is 3.30. The lowest BCUT2D eigenvalue weighted by atomic mass is 10.0. The molecule has 2 N–H and O–H groups in total. The molecule has 0 radical (unpaired) electrons. The molecule has 0 saturated carbocycles. The highest BCUT2D eigenvalue weighted by atomic mass is 16.5. The number of carbonyl (C=O) groups excluding carboxylic acids is 1. The second-order valence-corrected chi connectivity index (χ2v) is 6.39. The van der Waals surface area contributed by atoms with Gasteiger partial charge in [-0.15, -0.1) is 0 Å². The zero-order valence-corrected chi connectivity index (χ0v) is 15.3. The van der Waals surface area contributed by atoms with Crippen molar-refractivity contribution in [2.24, 2.45) is 0 Å². The summed E-state index contributed by atoms with van der Waals surface area (Å²) < 4.78 is 10.9. The van der Waals surface area contributed by atoms with Gasteiger partial charge < -0.3 is 19.6 Å². The Hall–Kier alpha value is -3.73. The summed E-state index contributed by atoms with van der Waals surface area (Å²) in [5.41, 5.74) is 3.68. The molecule has 0 aliphatic carbocycles. The highest BCUT2D eigenvalue weighted by Gasteiger charge is 2.17. The molecule has 0 bridgehead atoms. The van der Waals surface area contributed by atoms with E-state index in [0.29, 0.717) is 23.4 Å². The van der Waals surface area contributed by atoms with Gasteiger partial charge in [0.25, 0.3) is 5.91 Å². The van der Waals surface area contributed by atoms with Gasteiger partial charge in [-0.2, -0.15) is 0 Å². The molecule has 4 aromatic rings. The number of nitrogens with one attached hydrogen (secondary N) is 1. The van der Waals surface area contributed by atoms with E-state index in [2.05, 4.69) is 5.32 Å². The molecule has 0 unspecified atom stereocenters. The maximum Gasteiger partial charge on any atom is 0.255 e. The number of methoxy groups -OCH3 is 1. The van der Waals surface area contributed by atoms with Gasteiger partial charge in [0.15, 0.2) is 11.5 Å². The van der Waals surface area contributed by atoms with Gasteiger partial charge in [0.1, 0.15) is 5.58 Å². The molecule has 28 heavy (non-hydrogen) atoms. The van der Waals surface area contributed by atoms with Gasteiger partial charge in [-0.25, -0.2) is 0 Å². The summed E-state index contributed by atoms with van der Waals surface area (Å²) in [6.07, 6.45) is 1.62. The summed E-state index contributed by atoms with van der Waals surface area (Å²) in [5, 5.41) is 13.6. The SMILES string of the molecule is COc1cc(-c2coc3c(C(=O)NCc4ccccc4)cccc23)ccc1O. The molecule has 0 saturated heterocycles. The molecule has 0 fully saturated rings. The third-order valence-electron chi connectivity index (χ3n) is 4.63. The number of phenolic OH excluding ortho intramolecular Hbond substituents is 1. The van der Waals surface area contributed by atoms with Crippen molar-refractivity contribution in [1.82, 2.24) is 5.32 Å². The fraction of sp³-hybridized carbons (Fsp3) is 0.0870. The van der Waals surface area contributed by atoms with Crippen LogP contribution in [0.15, 0.2) is 77.4 Å². The zero-order valence-electron chi connectivity index (χ0n) is 15.3. The van der Waals surface area contributed by atoms with Crippen LogP contribution in [0.5, 0.6) is 11.5 Å². The Morgan fingerprint density at radius 3 is 2.68 bits per heavy atom. The van der Waals surface area contributed by atoms with Crippen molar-refractivity contribution in [3.8, 4) is 22.6 Å². The first-order chi connectivity index (χ1) is 13.7. The van der Waals surface area contributed by atoms with E-state index in [4.69, 9.17) is 9.15 Å². The fourth-order valence-corrected chi connectivity index (χ4v) is 3.18. The van der Waals surface area contributed by atoms with Crippen LogP contribution in [0.1, 0.15) is 15.9 Å².